The predicted molar refractivity (Wildman–Crippen MR) is 100 cm³/mol. The molecular weight excluding hydrogens is 312 g/mol. The number of para-hydroxylation sites is 1. The van der Waals surface area contributed by atoms with Gasteiger partial charge in [0, 0.05) is 34.9 Å². The van der Waals surface area contributed by atoms with E-state index in [4.69, 9.17) is 0 Å². The molecule has 6 nitrogen and oxygen atoms in total. The fourth-order valence-corrected chi connectivity index (χ4v) is 3.31. The topological polar surface area (TPSA) is 60.6 Å². The van der Waals surface area contributed by atoms with Crippen molar-refractivity contribution in [1.82, 2.24) is 24.8 Å². The second kappa shape index (κ2) is 6.39. The predicted octanol–water partition coefficient (Wildman–Crippen LogP) is 3.60. The number of fused-ring (bicyclic) bond motifs is 3. The van der Waals surface area contributed by atoms with E-state index in [-0.39, 0.29) is 0 Å². The zero-order chi connectivity index (χ0) is 17.2. The van der Waals surface area contributed by atoms with Gasteiger partial charge in [-0.25, -0.2) is 4.68 Å². The van der Waals surface area contributed by atoms with E-state index in [1.165, 1.54) is 27.4 Å². The molecule has 0 unspecified atom stereocenters. The van der Waals surface area contributed by atoms with Gasteiger partial charge in [0.25, 0.3) is 0 Å². The highest BCUT2D eigenvalue weighted by Gasteiger charge is 2.10. The van der Waals surface area contributed by atoms with Crippen LogP contribution in [0.15, 0.2) is 55.1 Å². The number of rotatable bonds is 6. The Balaban J connectivity index is 1.68. The van der Waals surface area contributed by atoms with Crippen LogP contribution in [0.25, 0.3) is 21.8 Å². The van der Waals surface area contributed by atoms with Crippen molar-refractivity contribution < 1.29 is 0 Å². The van der Waals surface area contributed by atoms with Crippen molar-refractivity contribution in [2.24, 2.45) is 0 Å². The van der Waals surface area contributed by atoms with Crippen LogP contribution in [-0.4, -0.2) is 24.8 Å². The molecule has 0 saturated carbocycles. The minimum atomic E-state index is 0.582. The summed E-state index contributed by atoms with van der Waals surface area (Å²) in [6.07, 6.45) is 1.77. The van der Waals surface area contributed by atoms with Gasteiger partial charge in [-0.1, -0.05) is 35.4 Å². The molecule has 0 fully saturated rings. The van der Waals surface area contributed by atoms with E-state index in [2.05, 4.69) is 81.4 Å². The number of anilines is 1. The van der Waals surface area contributed by atoms with Crippen molar-refractivity contribution in [3.63, 3.8) is 0 Å². The number of tetrazole rings is 1. The van der Waals surface area contributed by atoms with Gasteiger partial charge in [-0.15, -0.1) is 6.58 Å². The Morgan fingerprint density at radius 3 is 2.80 bits per heavy atom. The first kappa shape index (κ1) is 15.4. The number of aryl methyl sites for hydroxylation is 1. The van der Waals surface area contributed by atoms with E-state index < -0.39 is 0 Å². The molecule has 2 aromatic carbocycles. The van der Waals surface area contributed by atoms with Gasteiger partial charge in [0.2, 0.25) is 5.95 Å². The Hall–Kier alpha value is -3.15. The minimum Gasteiger partial charge on any atom is -0.349 e. The molecular formula is C19H20N6. The second-order valence-corrected chi connectivity index (χ2v) is 5.94. The van der Waals surface area contributed by atoms with Gasteiger partial charge in [0.15, 0.2) is 0 Å². The number of hydrogen-bond acceptors (Lipinski definition) is 4. The third-order valence-electron chi connectivity index (χ3n) is 4.44. The van der Waals surface area contributed by atoms with E-state index >= 15 is 0 Å². The first-order valence-electron chi connectivity index (χ1n) is 8.42. The van der Waals surface area contributed by atoms with Crippen LogP contribution in [0.1, 0.15) is 12.5 Å². The highest BCUT2D eigenvalue weighted by Crippen LogP contribution is 2.29. The molecule has 0 amide bonds. The lowest BCUT2D eigenvalue weighted by Gasteiger charge is -2.07. The average molecular weight is 332 g/mol. The van der Waals surface area contributed by atoms with Gasteiger partial charge >= 0.3 is 0 Å². The lowest BCUT2D eigenvalue weighted by Crippen LogP contribution is -2.08. The Morgan fingerprint density at radius 2 is 1.96 bits per heavy atom. The van der Waals surface area contributed by atoms with Crippen LogP contribution < -0.4 is 5.32 Å². The molecule has 0 spiro atoms. The quantitative estimate of drug-likeness (QED) is 0.548. The first-order valence-corrected chi connectivity index (χ1v) is 8.42. The van der Waals surface area contributed by atoms with Crippen LogP contribution in [-0.2, 0) is 19.6 Å². The van der Waals surface area contributed by atoms with Crippen molar-refractivity contribution in [3.8, 4) is 0 Å². The molecule has 25 heavy (non-hydrogen) atoms. The molecule has 1 N–H and O–H groups in total. The molecule has 0 aliphatic carbocycles. The Labute approximate surface area is 145 Å². The van der Waals surface area contributed by atoms with Crippen molar-refractivity contribution >= 4 is 27.8 Å². The zero-order valence-corrected chi connectivity index (χ0v) is 14.2. The summed E-state index contributed by atoms with van der Waals surface area (Å²) in [6, 6.07) is 15.2. The minimum absolute atomic E-state index is 0.582. The Kier molecular flexibility index (Phi) is 3.93. The standard InChI is InChI=1S/C19H20N6/c1-3-11-25-19(21-22-23-25)20-13-14-9-10-18-16(12-14)15-7-5-6-8-17(15)24(18)4-2/h3,5-10,12H,1,4,11,13H2,2H3,(H,20,21,23). The molecule has 0 radical (unpaired) electrons. The third-order valence-corrected chi connectivity index (χ3v) is 4.44. The number of nitrogens with one attached hydrogen (secondary N) is 1. The lowest BCUT2D eigenvalue weighted by molar-refractivity contribution is 0.663. The summed E-state index contributed by atoms with van der Waals surface area (Å²) in [7, 11) is 0. The van der Waals surface area contributed by atoms with E-state index in [0.717, 1.165) is 6.54 Å². The molecule has 0 bridgehead atoms. The van der Waals surface area contributed by atoms with E-state index in [1.807, 2.05) is 0 Å². The first-order chi connectivity index (χ1) is 12.3. The van der Waals surface area contributed by atoms with Crippen molar-refractivity contribution in [1.29, 1.82) is 0 Å². The monoisotopic (exact) mass is 332 g/mol. The normalized spacial score (nSPS) is 11.2. The summed E-state index contributed by atoms with van der Waals surface area (Å²) >= 11 is 0. The van der Waals surface area contributed by atoms with Crippen LogP contribution in [0.5, 0.6) is 0 Å². The third kappa shape index (κ3) is 2.65. The molecule has 2 aromatic heterocycles. The highest BCUT2D eigenvalue weighted by molar-refractivity contribution is 6.08. The average Bonchev–Trinajstić information content (AvgIpc) is 3.22. The fourth-order valence-electron chi connectivity index (χ4n) is 3.31. The lowest BCUT2D eigenvalue weighted by atomic mass is 10.1. The number of hydrogen-bond donors (Lipinski definition) is 1. The van der Waals surface area contributed by atoms with Crippen molar-refractivity contribution in [2.45, 2.75) is 26.6 Å². The van der Waals surface area contributed by atoms with E-state index in [9.17, 15) is 0 Å². The van der Waals surface area contributed by atoms with Crippen molar-refractivity contribution in [2.75, 3.05) is 5.32 Å². The van der Waals surface area contributed by atoms with Crippen molar-refractivity contribution in [3.05, 3.63) is 60.7 Å². The number of allylic oxidation sites excluding steroid dienone is 1. The maximum Gasteiger partial charge on any atom is 0.243 e. The molecule has 2 heterocycles. The summed E-state index contributed by atoms with van der Waals surface area (Å²) in [5.41, 5.74) is 3.74. The van der Waals surface area contributed by atoms with Gasteiger partial charge in [0.05, 0.1) is 6.54 Å². The Morgan fingerprint density at radius 1 is 1.12 bits per heavy atom. The highest BCUT2D eigenvalue weighted by atomic mass is 15.6. The van der Waals surface area contributed by atoms with Gasteiger partial charge in [0.1, 0.15) is 0 Å². The summed E-state index contributed by atoms with van der Waals surface area (Å²) in [6.45, 7) is 8.11. The van der Waals surface area contributed by atoms with Gasteiger partial charge in [-0.3, -0.25) is 0 Å². The number of aromatic nitrogens is 5. The second-order valence-electron chi connectivity index (χ2n) is 5.94. The smallest absolute Gasteiger partial charge is 0.243 e. The van der Waals surface area contributed by atoms with Gasteiger partial charge < -0.3 is 9.88 Å². The van der Waals surface area contributed by atoms with E-state index in [0.29, 0.717) is 19.0 Å². The van der Waals surface area contributed by atoms with Crippen LogP contribution in [0.3, 0.4) is 0 Å². The maximum atomic E-state index is 4.02. The van der Waals surface area contributed by atoms with Crippen LogP contribution in [0, 0.1) is 0 Å². The van der Waals surface area contributed by atoms with Gasteiger partial charge in [-0.05, 0) is 41.1 Å². The van der Waals surface area contributed by atoms with Crippen LogP contribution in [0.2, 0.25) is 0 Å². The largest absolute Gasteiger partial charge is 0.349 e. The SMILES string of the molecule is C=CCn1nnnc1NCc1ccc2c(c1)c1ccccc1n2CC. The summed E-state index contributed by atoms with van der Waals surface area (Å²) < 4.78 is 4.04. The van der Waals surface area contributed by atoms with Gasteiger partial charge in [-0.2, -0.15) is 0 Å². The molecule has 6 heteroatoms. The fraction of sp³-hybridized carbons (Fsp3) is 0.211. The maximum absolute atomic E-state index is 4.02. The molecule has 126 valence electrons. The molecule has 0 atom stereocenters. The number of nitrogens with zero attached hydrogens (tertiary/aromatic N) is 5. The molecule has 0 aliphatic rings. The molecule has 0 saturated heterocycles. The Bertz CT molecular complexity index is 1040. The molecule has 4 aromatic rings. The summed E-state index contributed by atoms with van der Waals surface area (Å²) in [5, 5.41) is 17.5. The van der Waals surface area contributed by atoms with E-state index in [1.54, 1.807) is 10.8 Å². The summed E-state index contributed by atoms with van der Waals surface area (Å²) in [5.74, 6) is 0.649. The summed E-state index contributed by atoms with van der Waals surface area (Å²) in [4.78, 5) is 0. The van der Waals surface area contributed by atoms with Crippen LogP contribution >= 0.6 is 0 Å². The van der Waals surface area contributed by atoms with Crippen LogP contribution in [0.4, 0.5) is 5.95 Å². The molecule has 4 rings (SSSR count). The molecule has 0 aliphatic heterocycles. The number of benzene rings is 2. The zero-order valence-electron chi connectivity index (χ0n) is 14.2.